The average Bonchev–Trinajstić information content (AvgIpc) is 2.27. The van der Waals surface area contributed by atoms with E-state index in [-0.39, 0.29) is 11.9 Å². The second-order valence-electron chi connectivity index (χ2n) is 3.19. The summed E-state index contributed by atoms with van der Waals surface area (Å²) in [6.07, 6.45) is 1.21. The molecule has 0 bridgehead atoms. The fourth-order valence-electron chi connectivity index (χ4n) is 1.15. The maximum atomic E-state index is 5.62. The van der Waals surface area contributed by atoms with Crippen LogP contribution in [0.15, 0.2) is 6.33 Å². The van der Waals surface area contributed by atoms with Crippen LogP contribution in [0.3, 0.4) is 0 Å². The number of ether oxygens (including phenoxy) is 3. The first-order valence-corrected chi connectivity index (χ1v) is 5.07. The Labute approximate surface area is 94.7 Å². The summed E-state index contributed by atoms with van der Waals surface area (Å²) in [6.45, 7) is 4.95. The lowest BCUT2D eigenvalue weighted by Gasteiger charge is -2.15. The van der Waals surface area contributed by atoms with Crippen LogP contribution in [0.25, 0.3) is 0 Å². The molecule has 0 aromatic carbocycles. The molecule has 0 amide bonds. The molecule has 0 radical (unpaired) electrons. The first-order chi connectivity index (χ1) is 7.69. The highest BCUT2D eigenvalue weighted by Crippen LogP contribution is 2.29. The first kappa shape index (κ1) is 12.5. The predicted molar refractivity (Wildman–Crippen MR) is 59.6 cm³/mol. The van der Waals surface area contributed by atoms with Crippen molar-refractivity contribution in [2.24, 2.45) is 0 Å². The normalized spacial score (nSPS) is 12.2. The van der Waals surface area contributed by atoms with Gasteiger partial charge in [-0.05, 0) is 13.8 Å². The van der Waals surface area contributed by atoms with Gasteiger partial charge >= 0.3 is 0 Å². The third-order valence-corrected chi connectivity index (χ3v) is 1.87. The molecule has 0 aliphatic rings. The highest BCUT2D eigenvalue weighted by Gasteiger charge is 2.13. The fraction of sp³-hybridized carbons (Fsp3) is 0.600. The molecule has 0 spiro atoms. The molecule has 1 aromatic heterocycles. The fourth-order valence-corrected chi connectivity index (χ4v) is 1.15. The molecule has 0 saturated carbocycles. The SMILES string of the molecule is CCOCC(C)Oc1ncnc(N)c1OC. The van der Waals surface area contributed by atoms with Gasteiger partial charge in [0.15, 0.2) is 5.82 Å². The van der Waals surface area contributed by atoms with Crippen molar-refractivity contribution in [3.05, 3.63) is 6.33 Å². The molecule has 6 nitrogen and oxygen atoms in total. The molecule has 6 heteroatoms. The van der Waals surface area contributed by atoms with Crippen molar-refractivity contribution in [2.45, 2.75) is 20.0 Å². The van der Waals surface area contributed by atoms with Gasteiger partial charge in [-0.25, -0.2) is 4.98 Å². The van der Waals surface area contributed by atoms with Crippen LogP contribution in [0.2, 0.25) is 0 Å². The first-order valence-electron chi connectivity index (χ1n) is 5.07. The maximum absolute atomic E-state index is 5.62. The largest absolute Gasteiger partial charge is 0.489 e. The predicted octanol–water partition coefficient (Wildman–Crippen LogP) is 0.871. The van der Waals surface area contributed by atoms with Crippen molar-refractivity contribution in [1.29, 1.82) is 0 Å². The van der Waals surface area contributed by atoms with E-state index >= 15 is 0 Å². The minimum absolute atomic E-state index is 0.122. The van der Waals surface area contributed by atoms with Gasteiger partial charge in [-0.15, -0.1) is 0 Å². The molecule has 0 saturated heterocycles. The van der Waals surface area contributed by atoms with Crippen LogP contribution in [0.1, 0.15) is 13.8 Å². The van der Waals surface area contributed by atoms with Crippen molar-refractivity contribution in [3.8, 4) is 11.6 Å². The van der Waals surface area contributed by atoms with Crippen LogP contribution in [-0.2, 0) is 4.74 Å². The van der Waals surface area contributed by atoms with Gasteiger partial charge in [0.2, 0.25) is 5.75 Å². The van der Waals surface area contributed by atoms with E-state index in [1.165, 1.54) is 13.4 Å². The van der Waals surface area contributed by atoms with E-state index in [1.807, 2.05) is 13.8 Å². The Morgan fingerprint density at radius 2 is 2.19 bits per heavy atom. The molecule has 16 heavy (non-hydrogen) atoms. The molecule has 90 valence electrons. The molecule has 1 heterocycles. The third-order valence-electron chi connectivity index (χ3n) is 1.87. The summed E-state index contributed by atoms with van der Waals surface area (Å²) >= 11 is 0. The summed E-state index contributed by atoms with van der Waals surface area (Å²) in [7, 11) is 1.50. The van der Waals surface area contributed by atoms with Crippen LogP contribution in [0.4, 0.5) is 5.82 Å². The summed E-state index contributed by atoms with van der Waals surface area (Å²) < 4.78 is 15.8. The molecule has 0 aliphatic carbocycles. The molecule has 2 N–H and O–H groups in total. The smallest absolute Gasteiger partial charge is 0.262 e. The number of nitrogens with two attached hydrogens (primary N) is 1. The van der Waals surface area contributed by atoms with Gasteiger partial charge in [-0.3, -0.25) is 0 Å². The van der Waals surface area contributed by atoms with E-state index in [9.17, 15) is 0 Å². The topological polar surface area (TPSA) is 79.5 Å². The zero-order valence-corrected chi connectivity index (χ0v) is 9.77. The monoisotopic (exact) mass is 227 g/mol. The summed E-state index contributed by atoms with van der Waals surface area (Å²) in [5, 5.41) is 0. The number of hydrogen-bond acceptors (Lipinski definition) is 6. The van der Waals surface area contributed by atoms with E-state index in [4.69, 9.17) is 19.9 Å². The highest BCUT2D eigenvalue weighted by atomic mass is 16.6. The molecular weight excluding hydrogens is 210 g/mol. The van der Waals surface area contributed by atoms with E-state index in [2.05, 4.69) is 9.97 Å². The Morgan fingerprint density at radius 3 is 2.81 bits per heavy atom. The number of methoxy groups -OCH3 is 1. The second kappa shape index (κ2) is 6.12. The van der Waals surface area contributed by atoms with E-state index < -0.39 is 0 Å². The Hall–Kier alpha value is -1.56. The second-order valence-corrected chi connectivity index (χ2v) is 3.19. The number of anilines is 1. The molecular formula is C10H17N3O3. The minimum Gasteiger partial charge on any atom is -0.489 e. The Kier molecular flexibility index (Phi) is 4.78. The molecule has 1 aromatic rings. The minimum atomic E-state index is -0.122. The van der Waals surface area contributed by atoms with Crippen molar-refractivity contribution in [3.63, 3.8) is 0 Å². The third kappa shape index (κ3) is 3.23. The van der Waals surface area contributed by atoms with E-state index in [0.717, 1.165) is 0 Å². The quantitative estimate of drug-likeness (QED) is 0.776. The van der Waals surface area contributed by atoms with Crippen LogP contribution >= 0.6 is 0 Å². The zero-order valence-electron chi connectivity index (χ0n) is 9.77. The molecule has 1 rings (SSSR count). The van der Waals surface area contributed by atoms with Gasteiger partial charge < -0.3 is 19.9 Å². The van der Waals surface area contributed by atoms with Crippen LogP contribution in [-0.4, -0.2) is 36.4 Å². The van der Waals surface area contributed by atoms with Gasteiger partial charge in [-0.2, -0.15) is 4.98 Å². The summed E-state index contributed by atoms with van der Waals surface area (Å²) in [5.41, 5.74) is 5.62. The summed E-state index contributed by atoms with van der Waals surface area (Å²) in [4.78, 5) is 7.78. The van der Waals surface area contributed by atoms with Crippen molar-refractivity contribution in [1.82, 2.24) is 9.97 Å². The Bertz CT molecular complexity index is 333. The van der Waals surface area contributed by atoms with Crippen LogP contribution < -0.4 is 15.2 Å². The number of nitrogens with zero attached hydrogens (tertiary/aromatic N) is 2. The number of rotatable bonds is 6. The number of aromatic nitrogens is 2. The molecule has 0 aliphatic heterocycles. The van der Waals surface area contributed by atoms with Gasteiger partial charge in [0, 0.05) is 6.61 Å². The summed E-state index contributed by atoms with van der Waals surface area (Å²) in [5.74, 6) is 0.948. The van der Waals surface area contributed by atoms with Crippen molar-refractivity contribution < 1.29 is 14.2 Å². The molecule has 0 fully saturated rings. The lowest BCUT2D eigenvalue weighted by molar-refractivity contribution is 0.0617. The van der Waals surface area contributed by atoms with Gasteiger partial charge in [0.1, 0.15) is 12.4 Å². The molecule has 1 atom stereocenters. The lowest BCUT2D eigenvalue weighted by Crippen LogP contribution is -2.20. The van der Waals surface area contributed by atoms with Crippen LogP contribution in [0.5, 0.6) is 11.6 Å². The van der Waals surface area contributed by atoms with E-state index in [1.54, 1.807) is 0 Å². The zero-order chi connectivity index (χ0) is 12.0. The van der Waals surface area contributed by atoms with Gasteiger partial charge in [0.05, 0.1) is 13.7 Å². The molecule has 1 unspecified atom stereocenters. The maximum Gasteiger partial charge on any atom is 0.262 e. The average molecular weight is 227 g/mol. The van der Waals surface area contributed by atoms with Crippen molar-refractivity contribution in [2.75, 3.05) is 26.1 Å². The Balaban J connectivity index is 2.69. The van der Waals surface area contributed by atoms with E-state index in [0.29, 0.717) is 24.8 Å². The van der Waals surface area contributed by atoms with Crippen LogP contribution in [0, 0.1) is 0 Å². The summed E-state index contributed by atoms with van der Waals surface area (Å²) in [6, 6.07) is 0. The highest BCUT2D eigenvalue weighted by molar-refractivity contribution is 5.51. The number of hydrogen-bond donors (Lipinski definition) is 1. The Morgan fingerprint density at radius 1 is 1.44 bits per heavy atom. The lowest BCUT2D eigenvalue weighted by atomic mass is 10.4. The standard InChI is InChI=1S/C10H17N3O3/c1-4-15-5-7(2)16-10-8(14-3)9(11)12-6-13-10/h6-7H,4-5H2,1-3H3,(H2,11,12,13). The van der Waals surface area contributed by atoms with Gasteiger partial charge in [-0.1, -0.05) is 0 Å². The number of nitrogen functional groups attached to an aromatic ring is 1. The van der Waals surface area contributed by atoms with Crippen molar-refractivity contribution >= 4 is 5.82 Å². The van der Waals surface area contributed by atoms with Gasteiger partial charge in [0.25, 0.3) is 5.88 Å².